The maximum atomic E-state index is 11.1. The Morgan fingerprint density at radius 2 is 2.50 bits per heavy atom. The largest absolute Gasteiger partial charge is 0.369 e. The fraction of sp³-hybridized carbons (Fsp3) is 0.556. The van der Waals surface area contributed by atoms with Gasteiger partial charge in [-0.05, 0) is 19.8 Å². The van der Waals surface area contributed by atoms with Gasteiger partial charge in [-0.25, -0.2) is 4.98 Å². The quantitative estimate of drug-likeness (QED) is 0.639. The molecule has 0 saturated carbocycles. The predicted molar refractivity (Wildman–Crippen MR) is 54.6 cm³/mol. The minimum atomic E-state index is 0.0972. The van der Waals surface area contributed by atoms with Crippen LogP contribution in [-0.2, 0) is 11.2 Å². The van der Waals surface area contributed by atoms with E-state index in [0.29, 0.717) is 18.9 Å². The van der Waals surface area contributed by atoms with Crippen LogP contribution in [0.5, 0.6) is 0 Å². The molecule has 0 aliphatic heterocycles. The van der Waals surface area contributed by atoms with E-state index < -0.39 is 0 Å². The van der Waals surface area contributed by atoms with Gasteiger partial charge < -0.3 is 16.0 Å². The zero-order valence-electron chi connectivity index (χ0n) is 8.34. The number of imidazole rings is 1. The summed E-state index contributed by atoms with van der Waals surface area (Å²) in [6.07, 6.45) is 3.87. The number of hydrogen-bond donors (Lipinski definition) is 3. The summed E-state index contributed by atoms with van der Waals surface area (Å²) in [6.45, 7) is 2.60. The average Bonchev–Trinajstić information content (AvgIpc) is 2.52. The van der Waals surface area contributed by atoms with Crippen LogP contribution in [0.1, 0.15) is 25.5 Å². The van der Waals surface area contributed by atoms with Crippen molar-refractivity contribution in [2.75, 3.05) is 12.3 Å². The maximum Gasteiger partial charge on any atom is 0.219 e. The van der Waals surface area contributed by atoms with Gasteiger partial charge >= 0.3 is 0 Å². The summed E-state index contributed by atoms with van der Waals surface area (Å²) < 4.78 is 0. The van der Waals surface area contributed by atoms with Gasteiger partial charge in [0.2, 0.25) is 5.91 Å². The maximum absolute atomic E-state index is 11.1. The molecule has 14 heavy (non-hydrogen) atoms. The number of nitrogens with two attached hydrogens (primary N) is 1. The summed E-state index contributed by atoms with van der Waals surface area (Å²) in [7, 11) is 0. The Balaban J connectivity index is 2.18. The topological polar surface area (TPSA) is 83.8 Å². The third-order valence-corrected chi connectivity index (χ3v) is 1.87. The van der Waals surface area contributed by atoms with Gasteiger partial charge in [0.25, 0.3) is 0 Å². The molecule has 0 atom stereocenters. The Kier molecular flexibility index (Phi) is 3.97. The first-order valence-electron chi connectivity index (χ1n) is 4.78. The Labute approximate surface area is 83.1 Å². The molecule has 1 aromatic heterocycles. The molecule has 5 nitrogen and oxygen atoms in total. The van der Waals surface area contributed by atoms with Gasteiger partial charge in [-0.15, -0.1) is 0 Å². The lowest BCUT2D eigenvalue weighted by molar-refractivity contribution is -0.121. The summed E-state index contributed by atoms with van der Waals surface area (Å²) >= 11 is 0. The van der Waals surface area contributed by atoms with E-state index in [9.17, 15) is 4.79 Å². The van der Waals surface area contributed by atoms with E-state index in [1.54, 1.807) is 6.20 Å². The highest BCUT2D eigenvalue weighted by molar-refractivity contribution is 5.75. The van der Waals surface area contributed by atoms with E-state index in [0.717, 1.165) is 18.5 Å². The summed E-state index contributed by atoms with van der Waals surface area (Å²) in [6, 6.07) is 0. The Morgan fingerprint density at radius 1 is 1.71 bits per heavy atom. The number of aryl methyl sites for hydroxylation is 1. The molecule has 0 aliphatic rings. The molecule has 0 aliphatic carbocycles. The van der Waals surface area contributed by atoms with Crippen molar-refractivity contribution in [3.8, 4) is 0 Å². The first-order chi connectivity index (χ1) is 6.72. The molecule has 1 heterocycles. The van der Waals surface area contributed by atoms with Crippen LogP contribution in [0.15, 0.2) is 6.20 Å². The minimum absolute atomic E-state index is 0.0972. The third-order valence-electron chi connectivity index (χ3n) is 1.87. The third kappa shape index (κ3) is 3.47. The van der Waals surface area contributed by atoms with E-state index in [1.807, 2.05) is 6.92 Å². The van der Waals surface area contributed by atoms with Gasteiger partial charge in [-0.2, -0.15) is 0 Å². The minimum Gasteiger partial charge on any atom is -0.369 e. The Bertz CT molecular complexity index is 295. The van der Waals surface area contributed by atoms with Crippen molar-refractivity contribution in [2.24, 2.45) is 0 Å². The van der Waals surface area contributed by atoms with Crippen molar-refractivity contribution in [2.45, 2.75) is 26.2 Å². The SMILES string of the molecule is CCNC(=O)CCCc1cnc(N)[nH]1. The lowest BCUT2D eigenvalue weighted by Gasteiger charge is -2.00. The molecular formula is C9H16N4O. The van der Waals surface area contributed by atoms with Crippen LogP contribution in [0, 0.1) is 0 Å². The van der Waals surface area contributed by atoms with Gasteiger partial charge in [-0.1, -0.05) is 0 Å². The van der Waals surface area contributed by atoms with Crippen LogP contribution in [0.2, 0.25) is 0 Å². The van der Waals surface area contributed by atoms with Gasteiger partial charge in [0.15, 0.2) is 5.95 Å². The Morgan fingerprint density at radius 3 is 3.07 bits per heavy atom. The highest BCUT2D eigenvalue weighted by atomic mass is 16.1. The van der Waals surface area contributed by atoms with Gasteiger partial charge in [0.05, 0.1) is 6.20 Å². The number of carbonyl (C=O) groups excluding carboxylic acids is 1. The molecule has 1 rings (SSSR count). The standard InChI is InChI=1S/C9H16N4O/c1-2-11-8(14)5-3-4-7-6-12-9(10)13-7/h6H,2-5H2,1H3,(H,11,14)(H3,10,12,13). The number of anilines is 1. The van der Waals surface area contributed by atoms with Crippen molar-refractivity contribution in [3.63, 3.8) is 0 Å². The predicted octanol–water partition coefficient (Wildman–Crippen LogP) is 0.451. The summed E-state index contributed by atoms with van der Waals surface area (Å²) in [4.78, 5) is 17.9. The molecule has 0 radical (unpaired) electrons. The second-order valence-electron chi connectivity index (χ2n) is 3.10. The van der Waals surface area contributed by atoms with E-state index in [4.69, 9.17) is 5.73 Å². The summed E-state index contributed by atoms with van der Waals surface area (Å²) in [5.74, 6) is 0.526. The molecule has 1 amide bonds. The second-order valence-corrected chi connectivity index (χ2v) is 3.10. The molecule has 0 unspecified atom stereocenters. The zero-order chi connectivity index (χ0) is 10.4. The fourth-order valence-electron chi connectivity index (χ4n) is 1.23. The monoisotopic (exact) mass is 196 g/mol. The number of nitrogens with one attached hydrogen (secondary N) is 2. The molecule has 1 aromatic rings. The number of H-pyrrole nitrogens is 1. The molecule has 5 heteroatoms. The first-order valence-corrected chi connectivity index (χ1v) is 4.78. The van der Waals surface area contributed by atoms with Crippen LogP contribution < -0.4 is 11.1 Å². The van der Waals surface area contributed by atoms with Crippen molar-refractivity contribution in [1.82, 2.24) is 15.3 Å². The number of aromatic amines is 1. The highest BCUT2D eigenvalue weighted by Crippen LogP contribution is 2.03. The van der Waals surface area contributed by atoms with Crippen LogP contribution >= 0.6 is 0 Å². The second kappa shape index (κ2) is 5.26. The van der Waals surface area contributed by atoms with Gasteiger partial charge in [0.1, 0.15) is 0 Å². The summed E-state index contributed by atoms with van der Waals surface area (Å²) in [5, 5.41) is 2.75. The number of amides is 1. The zero-order valence-corrected chi connectivity index (χ0v) is 8.34. The molecule has 0 saturated heterocycles. The number of nitrogen functional groups attached to an aromatic ring is 1. The normalized spacial score (nSPS) is 10.1. The smallest absolute Gasteiger partial charge is 0.219 e. The van der Waals surface area contributed by atoms with Crippen LogP contribution in [0.3, 0.4) is 0 Å². The van der Waals surface area contributed by atoms with Crippen molar-refractivity contribution < 1.29 is 4.79 Å². The number of carbonyl (C=O) groups is 1. The number of hydrogen-bond acceptors (Lipinski definition) is 3. The average molecular weight is 196 g/mol. The number of nitrogens with zero attached hydrogens (tertiary/aromatic N) is 1. The lowest BCUT2D eigenvalue weighted by atomic mass is 10.2. The first kappa shape index (κ1) is 10.6. The summed E-state index contributed by atoms with van der Waals surface area (Å²) in [5.41, 5.74) is 6.39. The molecular weight excluding hydrogens is 180 g/mol. The van der Waals surface area contributed by atoms with E-state index >= 15 is 0 Å². The van der Waals surface area contributed by atoms with Crippen molar-refractivity contribution in [1.29, 1.82) is 0 Å². The molecule has 0 aromatic carbocycles. The van der Waals surface area contributed by atoms with Gasteiger partial charge in [-0.3, -0.25) is 4.79 Å². The van der Waals surface area contributed by atoms with Gasteiger partial charge in [0, 0.05) is 18.7 Å². The van der Waals surface area contributed by atoms with Crippen molar-refractivity contribution >= 4 is 11.9 Å². The molecule has 0 bridgehead atoms. The van der Waals surface area contributed by atoms with Crippen LogP contribution in [0.4, 0.5) is 5.95 Å². The van der Waals surface area contributed by atoms with Crippen LogP contribution in [-0.4, -0.2) is 22.4 Å². The van der Waals surface area contributed by atoms with Crippen LogP contribution in [0.25, 0.3) is 0 Å². The van der Waals surface area contributed by atoms with Crippen molar-refractivity contribution in [3.05, 3.63) is 11.9 Å². The Hall–Kier alpha value is -1.52. The fourth-order valence-corrected chi connectivity index (χ4v) is 1.23. The molecule has 4 N–H and O–H groups in total. The molecule has 0 spiro atoms. The highest BCUT2D eigenvalue weighted by Gasteiger charge is 2.01. The lowest BCUT2D eigenvalue weighted by Crippen LogP contribution is -2.22. The van der Waals surface area contributed by atoms with E-state index in [1.165, 1.54) is 0 Å². The molecule has 78 valence electrons. The number of rotatable bonds is 5. The number of aromatic nitrogens is 2. The molecule has 0 fully saturated rings. The van der Waals surface area contributed by atoms with E-state index in [-0.39, 0.29) is 5.91 Å². The van der Waals surface area contributed by atoms with E-state index in [2.05, 4.69) is 15.3 Å².